The minimum Gasteiger partial charge on any atom is -0.496 e. The Kier molecular flexibility index (Phi) is 6.34. The van der Waals surface area contributed by atoms with E-state index < -0.39 is 0 Å². The van der Waals surface area contributed by atoms with Gasteiger partial charge in [0.25, 0.3) is 11.8 Å². The number of hydrogen-bond acceptors (Lipinski definition) is 3. The maximum Gasteiger partial charge on any atom is 0.268 e. The molecule has 0 aliphatic carbocycles. The zero-order valence-corrected chi connectivity index (χ0v) is 14.6. The van der Waals surface area contributed by atoms with Gasteiger partial charge in [0.1, 0.15) is 11.4 Å². The normalized spacial score (nSPS) is 11.1. The standard InChI is InChI=1S/C20H22N2O3/c1-14(2)21-20(24)17(13-16-11-7-8-12-18(16)25-3)22-19(23)15-9-5-4-6-10-15/h4-14H,1-3H3,(H,21,24)(H,22,23)/b17-13-. The molecule has 0 radical (unpaired) electrons. The first-order chi connectivity index (χ1) is 12.0. The van der Waals surface area contributed by atoms with Crippen LogP contribution in [0.25, 0.3) is 6.08 Å². The first-order valence-electron chi connectivity index (χ1n) is 8.03. The van der Waals surface area contributed by atoms with E-state index in [1.165, 1.54) is 0 Å². The van der Waals surface area contributed by atoms with Gasteiger partial charge in [-0.3, -0.25) is 9.59 Å². The van der Waals surface area contributed by atoms with Crippen molar-refractivity contribution in [3.63, 3.8) is 0 Å². The van der Waals surface area contributed by atoms with Crippen molar-refractivity contribution in [1.29, 1.82) is 0 Å². The molecular weight excluding hydrogens is 316 g/mol. The summed E-state index contributed by atoms with van der Waals surface area (Å²) < 4.78 is 5.31. The smallest absolute Gasteiger partial charge is 0.268 e. The number of ether oxygens (including phenoxy) is 1. The van der Waals surface area contributed by atoms with Crippen LogP contribution in [0.5, 0.6) is 5.75 Å². The van der Waals surface area contributed by atoms with Gasteiger partial charge in [-0.2, -0.15) is 0 Å². The lowest BCUT2D eigenvalue weighted by Gasteiger charge is -2.14. The van der Waals surface area contributed by atoms with Gasteiger partial charge in [-0.25, -0.2) is 0 Å². The highest BCUT2D eigenvalue weighted by molar-refractivity contribution is 6.05. The Bertz CT molecular complexity index is 768. The van der Waals surface area contributed by atoms with E-state index in [0.717, 1.165) is 0 Å². The topological polar surface area (TPSA) is 67.4 Å². The summed E-state index contributed by atoms with van der Waals surface area (Å²) in [5.41, 5.74) is 1.34. The summed E-state index contributed by atoms with van der Waals surface area (Å²) >= 11 is 0. The number of methoxy groups -OCH3 is 1. The molecule has 0 saturated carbocycles. The number of rotatable bonds is 6. The molecule has 0 unspecified atom stereocenters. The first kappa shape index (κ1) is 18.3. The fourth-order valence-corrected chi connectivity index (χ4v) is 2.22. The molecule has 5 heteroatoms. The van der Waals surface area contributed by atoms with Crippen LogP contribution in [0.3, 0.4) is 0 Å². The Labute approximate surface area is 147 Å². The highest BCUT2D eigenvalue weighted by Crippen LogP contribution is 2.20. The summed E-state index contributed by atoms with van der Waals surface area (Å²) in [6.07, 6.45) is 1.61. The molecule has 0 saturated heterocycles. The molecule has 2 aromatic rings. The molecule has 2 amide bonds. The van der Waals surface area contributed by atoms with Gasteiger partial charge in [-0.05, 0) is 38.1 Å². The average Bonchev–Trinajstić information content (AvgIpc) is 2.61. The largest absolute Gasteiger partial charge is 0.496 e. The molecule has 0 aromatic heterocycles. The Morgan fingerprint density at radius 2 is 1.64 bits per heavy atom. The molecule has 0 atom stereocenters. The van der Waals surface area contributed by atoms with Crippen LogP contribution < -0.4 is 15.4 Å². The molecule has 2 rings (SSSR count). The third-order valence-electron chi connectivity index (χ3n) is 3.39. The monoisotopic (exact) mass is 338 g/mol. The number of benzene rings is 2. The fourth-order valence-electron chi connectivity index (χ4n) is 2.22. The van der Waals surface area contributed by atoms with Crippen molar-refractivity contribution in [3.8, 4) is 5.75 Å². The number of carbonyl (C=O) groups is 2. The number of amides is 2. The maximum absolute atomic E-state index is 12.5. The Balaban J connectivity index is 2.34. The van der Waals surface area contributed by atoms with E-state index in [1.54, 1.807) is 43.5 Å². The fraction of sp³-hybridized carbons (Fsp3) is 0.200. The SMILES string of the molecule is COc1ccccc1/C=C(\NC(=O)c1ccccc1)C(=O)NC(C)C. The molecule has 25 heavy (non-hydrogen) atoms. The van der Waals surface area contributed by atoms with E-state index in [0.29, 0.717) is 16.9 Å². The molecule has 0 aliphatic heterocycles. The van der Waals surface area contributed by atoms with Crippen LogP contribution in [-0.2, 0) is 4.79 Å². The van der Waals surface area contributed by atoms with Crippen LogP contribution in [-0.4, -0.2) is 25.0 Å². The number of para-hydroxylation sites is 1. The Hall–Kier alpha value is -3.08. The second-order valence-corrected chi connectivity index (χ2v) is 5.75. The van der Waals surface area contributed by atoms with E-state index in [1.807, 2.05) is 38.1 Å². The Morgan fingerprint density at radius 3 is 2.28 bits per heavy atom. The highest BCUT2D eigenvalue weighted by Gasteiger charge is 2.16. The maximum atomic E-state index is 12.5. The van der Waals surface area contributed by atoms with E-state index in [2.05, 4.69) is 10.6 Å². The Morgan fingerprint density at radius 1 is 1.00 bits per heavy atom. The van der Waals surface area contributed by atoms with Crippen molar-refractivity contribution in [3.05, 3.63) is 71.4 Å². The second-order valence-electron chi connectivity index (χ2n) is 5.75. The van der Waals surface area contributed by atoms with Crippen molar-refractivity contribution in [2.24, 2.45) is 0 Å². The number of nitrogens with one attached hydrogen (secondary N) is 2. The second kappa shape index (κ2) is 8.68. The van der Waals surface area contributed by atoms with Crippen LogP contribution >= 0.6 is 0 Å². The molecule has 130 valence electrons. The van der Waals surface area contributed by atoms with Crippen LogP contribution in [0.15, 0.2) is 60.3 Å². The lowest BCUT2D eigenvalue weighted by molar-refractivity contribution is -0.118. The van der Waals surface area contributed by atoms with Gasteiger partial charge in [0.15, 0.2) is 0 Å². The summed E-state index contributed by atoms with van der Waals surface area (Å²) in [5, 5.41) is 5.49. The van der Waals surface area contributed by atoms with Crippen molar-refractivity contribution in [2.75, 3.05) is 7.11 Å². The quantitative estimate of drug-likeness (QED) is 0.796. The van der Waals surface area contributed by atoms with Crippen molar-refractivity contribution >= 4 is 17.9 Å². The molecule has 5 nitrogen and oxygen atoms in total. The summed E-state index contributed by atoms with van der Waals surface area (Å²) in [4.78, 5) is 24.9. The lowest BCUT2D eigenvalue weighted by atomic mass is 10.1. The third-order valence-corrected chi connectivity index (χ3v) is 3.39. The summed E-state index contributed by atoms with van der Waals surface area (Å²) in [6, 6.07) is 16.0. The summed E-state index contributed by atoms with van der Waals surface area (Å²) in [7, 11) is 1.56. The number of carbonyl (C=O) groups excluding carboxylic acids is 2. The van der Waals surface area contributed by atoms with E-state index in [-0.39, 0.29) is 23.6 Å². The van der Waals surface area contributed by atoms with Crippen LogP contribution in [0, 0.1) is 0 Å². The van der Waals surface area contributed by atoms with Gasteiger partial charge >= 0.3 is 0 Å². The van der Waals surface area contributed by atoms with Gasteiger partial charge in [0, 0.05) is 17.2 Å². The predicted octanol–water partition coefficient (Wildman–Crippen LogP) is 2.99. The van der Waals surface area contributed by atoms with E-state index in [4.69, 9.17) is 4.74 Å². The van der Waals surface area contributed by atoms with Gasteiger partial charge in [0.2, 0.25) is 0 Å². The lowest BCUT2D eigenvalue weighted by Crippen LogP contribution is -2.38. The minimum absolute atomic E-state index is 0.0535. The van der Waals surface area contributed by atoms with Gasteiger partial charge in [-0.1, -0.05) is 36.4 Å². The zero-order valence-electron chi connectivity index (χ0n) is 14.6. The van der Waals surface area contributed by atoms with Gasteiger partial charge < -0.3 is 15.4 Å². The van der Waals surface area contributed by atoms with Crippen LogP contribution in [0.2, 0.25) is 0 Å². The molecule has 2 aromatic carbocycles. The predicted molar refractivity (Wildman–Crippen MR) is 98.2 cm³/mol. The third kappa shape index (κ3) is 5.21. The number of hydrogen-bond donors (Lipinski definition) is 2. The molecule has 0 fully saturated rings. The highest BCUT2D eigenvalue weighted by atomic mass is 16.5. The van der Waals surface area contributed by atoms with Crippen LogP contribution in [0.4, 0.5) is 0 Å². The zero-order chi connectivity index (χ0) is 18.2. The molecular formula is C20H22N2O3. The van der Waals surface area contributed by atoms with E-state index >= 15 is 0 Å². The van der Waals surface area contributed by atoms with Crippen molar-refractivity contribution < 1.29 is 14.3 Å². The molecule has 0 bridgehead atoms. The molecule has 0 heterocycles. The van der Waals surface area contributed by atoms with Crippen molar-refractivity contribution in [2.45, 2.75) is 19.9 Å². The van der Waals surface area contributed by atoms with Gasteiger partial charge in [0.05, 0.1) is 7.11 Å². The van der Waals surface area contributed by atoms with E-state index in [9.17, 15) is 9.59 Å². The summed E-state index contributed by atoms with van der Waals surface area (Å²) in [5.74, 6) is -0.0860. The van der Waals surface area contributed by atoms with Crippen LogP contribution in [0.1, 0.15) is 29.8 Å². The van der Waals surface area contributed by atoms with Gasteiger partial charge in [-0.15, -0.1) is 0 Å². The molecule has 0 aliphatic rings. The summed E-state index contributed by atoms with van der Waals surface area (Å²) in [6.45, 7) is 3.72. The minimum atomic E-state index is -0.356. The molecule has 0 spiro atoms. The molecule has 2 N–H and O–H groups in total. The first-order valence-corrected chi connectivity index (χ1v) is 8.03. The van der Waals surface area contributed by atoms with Crippen molar-refractivity contribution in [1.82, 2.24) is 10.6 Å². The average molecular weight is 338 g/mol.